The Balaban J connectivity index is 2.65. The van der Waals surface area contributed by atoms with E-state index in [2.05, 4.69) is 18.3 Å². The maximum atomic E-state index is 4.95. The third-order valence-electron chi connectivity index (χ3n) is 1.01. The zero-order chi connectivity index (χ0) is 6.24. The first-order valence-electron chi connectivity index (χ1n) is 3.10. The quantitative estimate of drug-likeness (QED) is 0.328. The highest BCUT2D eigenvalue weighted by molar-refractivity contribution is 4.78. The van der Waals surface area contributed by atoms with Crippen LogP contribution in [0.25, 0.3) is 0 Å². The third kappa shape index (κ3) is 5.36. The van der Waals surface area contributed by atoms with Crippen LogP contribution in [0.1, 0.15) is 26.2 Å². The molecule has 0 aliphatic heterocycles. The van der Waals surface area contributed by atoms with Crippen molar-refractivity contribution >= 4 is 0 Å². The lowest BCUT2D eigenvalue weighted by molar-refractivity contribution is 0.691. The molecule has 0 aromatic heterocycles. The van der Waals surface area contributed by atoms with Gasteiger partial charge >= 0.3 is 0 Å². The second-order valence-corrected chi connectivity index (χ2v) is 1.78. The average molecular weight is 111 g/mol. The number of unbranched alkanes of at least 4 members (excludes halogenated alkanes) is 2. The topological polar surface area (TPSA) is 12.0 Å². The first-order chi connectivity index (χ1) is 3.91. The molecule has 0 bridgehead atoms. The summed E-state index contributed by atoms with van der Waals surface area (Å²) in [6.07, 6.45) is 8.67. The maximum Gasteiger partial charge on any atom is 0.0229 e. The molecule has 1 heteroatoms. The zero-order valence-corrected chi connectivity index (χ0v) is 5.41. The van der Waals surface area contributed by atoms with Gasteiger partial charge in [0.1, 0.15) is 0 Å². The first-order valence-corrected chi connectivity index (χ1v) is 3.10. The van der Waals surface area contributed by atoms with Crippen LogP contribution in [0.15, 0.2) is 0 Å². The molecule has 0 saturated carbocycles. The smallest absolute Gasteiger partial charge is 0.0229 e. The normalized spacial score (nSPS) is 8.00. The highest BCUT2D eigenvalue weighted by Crippen LogP contribution is 1.89. The van der Waals surface area contributed by atoms with Crippen molar-refractivity contribution in [2.45, 2.75) is 26.2 Å². The van der Waals surface area contributed by atoms with Crippen LogP contribution < -0.4 is 5.32 Å². The van der Waals surface area contributed by atoms with Gasteiger partial charge in [0.15, 0.2) is 0 Å². The van der Waals surface area contributed by atoms with Gasteiger partial charge in [0.05, 0.1) is 0 Å². The summed E-state index contributed by atoms with van der Waals surface area (Å²) in [5.74, 6) is 0. The van der Waals surface area contributed by atoms with E-state index in [9.17, 15) is 0 Å². The highest BCUT2D eigenvalue weighted by atomic mass is 14.8. The summed E-state index contributed by atoms with van der Waals surface area (Å²) in [5, 5.41) is 2.81. The van der Waals surface area contributed by atoms with Gasteiger partial charge in [-0.1, -0.05) is 26.2 Å². The molecule has 0 aromatic carbocycles. The standard InChI is InChI=1S/C7H13N/c1-3-5-6-7-8-4-2/h2,8H,3,5-7H2,1H3. The summed E-state index contributed by atoms with van der Waals surface area (Å²) in [5.41, 5.74) is 0. The van der Waals surface area contributed by atoms with Gasteiger partial charge in [-0.05, 0) is 6.42 Å². The van der Waals surface area contributed by atoms with Crippen LogP contribution in [0.2, 0.25) is 0 Å². The molecule has 0 heterocycles. The van der Waals surface area contributed by atoms with Gasteiger partial charge in [-0.25, -0.2) is 0 Å². The number of hydrogen-bond acceptors (Lipinski definition) is 1. The van der Waals surface area contributed by atoms with Crippen LogP contribution >= 0.6 is 0 Å². The Bertz CT molecular complexity index is 70.9. The molecular weight excluding hydrogens is 98.1 g/mol. The molecule has 1 nitrogen and oxygen atoms in total. The summed E-state index contributed by atoms with van der Waals surface area (Å²) in [6.45, 7) is 3.14. The lowest BCUT2D eigenvalue weighted by atomic mass is 10.2. The summed E-state index contributed by atoms with van der Waals surface area (Å²) in [7, 11) is 0. The van der Waals surface area contributed by atoms with Crippen molar-refractivity contribution in [1.82, 2.24) is 5.32 Å². The Kier molecular flexibility index (Phi) is 5.85. The SMILES string of the molecule is C#CNCCCCC. The van der Waals surface area contributed by atoms with Crippen molar-refractivity contribution in [2.75, 3.05) is 6.54 Å². The van der Waals surface area contributed by atoms with Gasteiger partial charge in [-0.3, -0.25) is 0 Å². The van der Waals surface area contributed by atoms with Crippen molar-refractivity contribution in [3.63, 3.8) is 0 Å². The summed E-state index contributed by atoms with van der Waals surface area (Å²) >= 11 is 0. The minimum Gasteiger partial charge on any atom is -0.346 e. The molecule has 0 aliphatic carbocycles. The van der Waals surface area contributed by atoms with E-state index in [1.165, 1.54) is 19.3 Å². The summed E-state index contributed by atoms with van der Waals surface area (Å²) in [4.78, 5) is 0. The van der Waals surface area contributed by atoms with Crippen LogP contribution in [-0.4, -0.2) is 6.54 Å². The van der Waals surface area contributed by atoms with Crippen LogP contribution in [0.4, 0.5) is 0 Å². The van der Waals surface area contributed by atoms with Gasteiger partial charge in [0.25, 0.3) is 0 Å². The Morgan fingerprint density at radius 1 is 1.50 bits per heavy atom. The molecule has 8 heavy (non-hydrogen) atoms. The van der Waals surface area contributed by atoms with Crippen LogP contribution in [0.5, 0.6) is 0 Å². The van der Waals surface area contributed by atoms with Crippen molar-refractivity contribution in [1.29, 1.82) is 0 Å². The fourth-order valence-corrected chi connectivity index (χ4v) is 0.536. The molecule has 0 unspecified atom stereocenters. The third-order valence-corrected chi connectivity index (χ3v) is 1.01. The van der Waals surface area contributed by atoms with Crippen LogP contribution in [-0.2, 0) is 0 Å². The molecular formula is C7H13N. The summed E-state index contributed by atoms with van der Waals surface area (Å²) in [6, 6.07) is 2.38. The molecule has 0 atom stereocenters. The monoisotopic (exact) mass is 111 g/mol. The summed E-state index contributed by atoms with van der Waals surface area (Å²) < 4.78 is 0. The minimum absolute atomic E-state index is 0.963. The van der Waals surface area contributed by atoms with E-state index in [1.54, 1.807) is 0 Å². The second-order valence-electron chi connectivity index (χ2n) is 1.78. The molecule has 46 valence electrons. The lowest BCUT2D eigenvalue weighted by Gasteiger charge is -1.93. The second kappa shape index (κ2) is 6.36. The van der Waals surface area contributed by atoms with Crippen molar-refractivity contribution in [2.24, 2.45) is 0 Å². The van der Waals surface area contributed by atoms with Crippen molar-refractivity contribution in [3.05, 3.63) is 0 Å². The predicted molar refractivity (Wildman–Crippen MR) is 36.4 cm³/mol. The van der Waals surface area contributed by atoms with Gasteiger partial charge < -0.3 is 5.32 Å². The van der Waals surface area contributed by atoms with E-state index >= 15 is 0 Å². The number of hydrogen-bond donors (Lipinski definition) is 1. The fraction of sp³-hybridized carbons (Fsp3) is 0.714. The van der Waals surface area contributed by atoms with Crippen molar-refractivity contribution in [3.8, 4) is 12.5 Å². The van der Waals surface area contributed by atoms with Gasteiger partial charge in [0.2, 0.25) is 0 Å². The highest BCUT2D eigenvalue weighted by Gasteiger charge is 1.80. The molecule has 0 radical (unpaired) electrons. The van der Waals surface area contributed by atoms with Gasteiger partial charge in [-0.15, -0.1) is 0 Å². The minimum atomic E-state index is 0.963. The first kappa shape index (κ1) is 7.36. The Hall–Kier alpha value is -0.640. The molecule has 0 spiro atoms. The molecule has 0 amide bonds. The molecule has 0 fully saturated rings. The van der Waals surface area contributed by atoms with E-state index < -0.39 is 0 Å². The van der Waals surface area contributed by atoms with Crippen molar-refractivity contribution < 1.29 is 0 Å². The molecule has 0 saturated heterocycles. The Labute approximate surface area is 51.5 Å². The van der Waals surface area contributed by atoms with E-state index in [1.807, 2.05) is 0 Å². The predicted octanol–water partition coefficient (Wildman–Crippen LogP) is 1.36. The zero-order valence-electron chi connectivity index (χ0n) is 5.41. The molecule has 0 aromatic rings. The average Bonchev–Trinajstić information content (AvgIpc) is 1.81. The molecule has 0 aliphatic rings. The molecule has 1 N–H and O–H groups in total. The molecule has 0 rings (SSSR count). The lowest BCUT2D eigenvalue weighted by Crippen LogP contribution is -2.06. The van der Waals surface area contributed by atoms with Gasteiger partial charge in [-0.2, -0.15) is 0 Å². The van der Waals surface area contributed by atoms with Gasteiger partial charge in [0, 0.05) is 12.6 Å². The van der Waals surface area contributed by atoms with E-state index in [0.717, 1.165) is 6.54 Å². The van der Waals surface area contributed by atoms with E-state index in [0.29, 0.717) is 0 Å². The largest absolute Gasteiger partial charge is 0.346 e. The van der Waals surface area contributed by atoms with Crippen LogP contribution in [0.3, 0.4) is 0 Å². The fourth-order valence-electron chi connectivity index (χ4n) is 0.536. The Morgan fingerprint density at radius 2 is 2.25 bits per heavy atom. The number of nitrogens with one attached hydrogen (secondary N) is 1. The number of rotatable bonds is 4. The maximum absolute atomic E-state index is 4.95. The number of terminal acetylenes is 1. The van der Waals surface area contributed by atoms with Crippen LogP contribution in [0, 0.1) is 12.5 Å². The Morgan fingerprint density at radius 3 is 2.75 bits per heavy atom. The van der Waals surface area contributed by atoms with E-state index in [-0.39, 0.29) is 0 Å². The van der Waals surface area contributed by atoms with E-state index in [4.69, 9.17) is 6.42 Å².